The number of hydrogen-bond acceptors (Lipinski definition) is 4. The number of para-hydroxylation sites is 1. The van der Waals surface area contributed by atoms with Crippen molar-refractivity contribution in [1.82, 2.24) is 15.2 Å². The molecule has 17 heavy (non-hydrogen) atoms. The molecule has 4 nitrogen and oxygen atoms in total. The number of aryl methyl sites for hydroxylation is 2. The Hall–Kier alpha value is -1.97. The Morgan fingerprint density at radius 3 is 2.29 bits per heavy atom. The van der Waals surface area contributed by atoms with Gasteiger partial charge in [-0.2, -0.15) is 0 Å². The molecular weight excluding hydrogens is 212 g/mol. The number of rotatable bonds is 4. The molecule has 0 fully saturated rings. The minimum Gasteiger partial charge on any atom is -0.323 e. The monoisotopic (exact) mass is 228 g/mol. The van der Waals surface area contributed by atoms with Gasteiger partial charge in [0, 0.05) is 5.69 Å². The van der Waals surface area contributed by atoms with Crippen LogP contribution in [0.1, 0.15) is 25.2 Å². The van der Waals surface area contributed by atoms with Gasteiger partial charge >= 0.3 is 0 Å². The summed E-state index contributed by atoms with van der Waals surface area (Å²) < 4.78 is 0. The summed E-state index contributed by atoms with van der Waals surface area (Å²) >= 11 is 0. The van der Waals surface area contributed by atoms with Gasteiger partial charge in [0.1, 0.15) is 0 Å². The van der Waals surface area contributed by atoms with Gasteiger partial charge < -0.3 is 5.32 Å². The van der Waals surface area contributed by atoms with Crippen LogP contribution in [0.2, 0.25) is 0 Å². The lowest BCUT2D eigenvalue weighted by Crippen LogP contribution is -2.06. The molecule has 0 bridgehead atoms. The van der Waals surface area contributed by atoms with Crippen LogP contribution in [0.25, 0.3) is 0 Å². The van der Waals surface area contributed by atoms with Gasteiger partial charge in [-0.1, -0.05) is 32.0 Å². The van der Waals surface area contributed by atoms with E-state index in [1.54, 1.807) is 0 Å². The second-order valence-corrected chi connectivity index (χ2v) is 3.73. The molecule has 0 unspecified atom stereocenters. The van der Waals surface area contributed by atoms with E-state index >= 15 is 0 Å². The summed E-state index contributed by atoms with van der Waals surface area (Å²) in [6, 6.07) is 9.86. The van der Waals surface area contributed by atoms with Crippen molar-refractivity contribution in [3.63, 3.8) is 0 Å². The lowest BCUT2D eigenvalue weighted by molar-refractivity contribution is 0.829. The molecule has 2 aromatic rings. The van der Waals surface area contributed by atoms with E-state index in [1.165, 1.54) is 0 Å². The summed E-state index contributed by atoms with van der Waals surface area (Å²) in [5.74, 6) is 0.560. The quantitative estimate of drug-likeness (QED) is 0.874. The van der Waals surface area contributed by atoms with Crippen molar-refractivity contribution in [1.29, 1.82) is 0 Å². The first-order valence-electron chi connectivity index (χ1n) is 5.88. The van der Waals surface area contributed by atoms with Crippen molar-refractivity contribution < 1.29 is 0 Å². The van der Waals surface area contributed by atoms with E-state index in [0.717, 1.165) is 29.9 Å². The third-order valence-corrected chi connectivity index (χ3v) is 2.54. The van der Waals surface area contributed by atoms with Crippen molar-refractivity contribution in [2.24, 2.45) is 0 Å². The summed E-state index contributed by atoms with van der Waals surface area (Å²) in [4.78, 5) is 4.47. The van der Waals surface area contributed by atoms with E-state index < -0.39 is 0 Å². The molecule has 4 heteroatoms. The van der Waals surface area contributed by atoms with E-state index in [2.05, 4.69) is 34.3 Å². The van der Waals surface area contributed by atoms with Crippen LogP contribution in [0.15, 0.2) is 30.3 Å². The average molecular weight is 228 g/mol. The highest BCUT2D eigenvalue weighted by atomic mass is 15.2. The van der Waals surface area contributed by atoms with Gasteiger partial charge in [0.2, 0.25) is 5.95 Å². The van der Waals surface area contributed by atoms with Crippen molar-refractivity contribution >= 4 is 11.6 Å². The predicted molar refractivity (Wildman–Crippen MR) is 68.3 cm³/mol. The zero-order valence-corrected chi connectivity index (χ0v) is 10.1. The molecule has 0 atom stereocenters. The first-order valence-corrected chi connectivity index (χ1v) is 5.88. The van der Waals surface area contributed by atoms with Crippen LogP contribution < -0.4 is 5.32 Å². The minimum atomic E-state index is 0.560. The highest BCUT2D eigenvalue weighted by molar-refractivity contribution is 5.52. The topological polar surface area (TPSA) is 50.7 Å². The van der Waals surface area contributed by atoms with E-state index in [0.29, 0.717) is 5.95 Å². The molecule has 1 heterocycles. The van der Waals surface area contributed by atoms with Gasteiger partial charge in [0.25, 0.3) is 0 Å². The highest BCUT2D eigenvalue weighted by Crippen LogP contribution is 2.13. The average Bonchev–Trinajstić information content (AvgIpc) is 2.40. The number of benzene rings is 1. The Morgan fingerprint density at radius 2 is 1.65 bits per heavy atom. The summed E-state index contributed by atoms with van der Waals surface area (Å²) in [7, 11) is 0. The molecule has 88 valence electrons. The molecular formula is C13H16N4. The fraction of sp³-hybridized carbons (Fsp3) is 0.308. The Labute approximate surface area is 101 Å². The predicted octanol–water partition coefficient (Wildman–Crippen LogP) is 2.74. The van der Waals surface area contributed by atoms with Crippen LogP contribution in [-0.2, 0) is 12.8 Å². The number of hydrogen-bond donors (Lipinski definition) is 1. The van der Waals surface area contributed by atoms with Crippen LogP contribution in [0.5, 0.6) is 0 Å². The summed E-state index contributed by atoms with van der Waals surface area (Å²) in [5, 5.41) is 11.4. The van der Waals surface area contributed by atoms with Gasteiger partial charge in [-0.05, 0) is 25.0 Å². The van der Waals surface area contributed by atoms with E-state index in [1.807, 2.05) is 30.3 Å². The lowest BCUT2D eigenvalue weighted by Gasteiger charge is -2.07. The van der Waals surface area contributed by atoms with Crippen molar-refractivity contribution in [2.45, 2.75) is 26.7 Å². The van der Waals surface area contributed by atoms with Crippen LogP contribution >= 0.6 is 0 Å². The first-order chi connectivity index (χ1) is 8.33. The number of aromatic nitrogens is 3. The SMILES string of the molecule is CCc1nnc(Nc2ccccc2)nc1CC. The number of nitrogens with zero attached hydrogens (tertiary/aromatic N) is 3. The second-order valence-electron chi connectivity index (χ2n) is 3.73. The molecule has 0 spiro atoms. The molecule has 1 aromatic carbocycles. The summed E-state index contributed by atoms with van der Waals surface area (Å²) in [6.07, 6.45) is 1.75. The molecule has 0 saturated heterocycles. The first kappa shape index (κ1) is 11.5. The van der Waals surface area contributed by atoms with E-state index in [9.17, 15) is 0 Å². The van der Waals surface area contributed by atoms with E-state index in [-0.39, 0.29) is 0 Å². The van der Waals surface area contributed by atoms with Crippen LogP contribution in [0.4, 0.5) is 11.6 Å². The van der Waals surface area contributed by atoms with Crippen molar-refractivity contribution in [3.05, 3.63) is 41.7 Å². The Bertz CT molecular complexity index is 482. The minimum absolute atomic E-state index is 0.560. The molecule has 0 aliphatic carbocycles. The van der Waals surface area contributed by atoms with Gasteiger partial charge in [0.05, 0.1) is 11.4 Å². The summed E-state index contributed by atoms with van der Waals surface area (Å²) in [5.41, 5.74) is 2.97. The van der Waals surface area contributed by atoms with Crippen LogP contribution in [0.3, 0.4) is 0 Å². The largest absolute Gasteiger partial charge is 0.323 e. The maximum atomic E-state index is 4.47. The molecule has 2 rings (SSSR count). The van der Waals surface area contributed by atoms with Crippen molar-refractivity contribution in [2.75, 3.05) is 5.32 Å². The third-order valence-electron chi connectivity index (χ3n) is 2.54. The Morgan fingerprint density at radius 1 is 0.941 bits per heavy atom. The normalized spacial score (nSPS) is 10.2. The highest BCUT2D eigenvalue weighted by Gasteiger charge is 2.05. The Kier molecular flexibility index (Phi) is 3.65. The second kappa shape index (κ2) is 5.39. The molecule has 0 saturated carbocycles. The fourth-order valence-electron chi connectivity index (χ4n) is 1.64. The summed E-state index contributed by atoms with van der Waals surface area (Å²) in [6.45, 7) is 4.14. The zero-order chi connectivity index (χ0) is 12.1. The fourth-order valence-corrected chi connectivity index (χ4v) is 1.64. The van der Waals surface area contributed by atoms with Gasteiger partial charge in [-0.25, -0.2) is 4.98 Å². The van der Waals surface area contributed by atoms with Gasteiger partial charge in [-0.3, -0.25) is 0 Å². The number of anilines is 2. The maximum absolute atomic E-state index is 4.47. The molecule has 0 amide bonds. The molecule has 1 N–H and O–H groups in total. The van der Waals surface area contributed by atoms with Crippen LogP contribution in [-0.4, -0.2) is 15.2 Å². The molecule has 1 aromatic heterocycles. The molecule has 0 aliphatic rings. The number of nitrogens with one attached hydrogen (secondary N) is 1. The Balaban J connectivity index is 2.22. The lowest BCUT2D eigenvalue weighted by atomic mass is 10.2. The van der Waals surface area contributed by atoms with Crippen LogP contribution in [0, 0.1) is 0 Å². The zero-order valence-electron chi connectivity index (χ0n) is 10.1. The van der Waals surface area contributed by atoms with Gasteiger partial charge in [0.15, 0.2) is 0 Å². The van der Waals surface area contributed by atoms with E-state index in [4.69, 9.17) is 0 Å². The van der Waals surface area contributed by atoms with Gasteiger partial charge in [-0.15, -0.1) is 10.2 Å². The van der Waals surface area contributed by atoms with Crippen molar-refractivity contribution in [3.8, 4) is 0 Å². The maximum Gasteiger partial charge on any atom is 0.247 e. The molecule has 0 aliphatic heterocycles. The smallest absolute Gasteiger partial charge is 0.247 e. The molecule has 0 radical (unpaired) electrons. The standard InChI is InChI=1S/C13H16N4/c1-3-11-12(4-2)16-17-13(15-11)14-10-8-6-5-7-9-10/h5-9H,3-4H2,1-2H3,(H,14,15,17). The third kappa shape index (κ3) is 2.78.